The van der Waals surface area contributed by atoms with Crippen molar-refractivity contribution in [3.8, 4) is 11.8 Å². The van der Waals surface area contributed by atoms with E-state index >= 15 is 0 Å². The van der Waals surface area contributed by atoms with Crippen LogP contribution in [0, 0.1) is 11.8 Å². The van der Waals surface area contributed by atoms with Gasteiger partial charge in [-0.05, 0) is 49.1 Å². The number of primary amides is 1. The van der Waals surface area contributed by atoms with Gasteiger partial charge in [0.05, 0.1) is 12.1 Å². The first-order valence-corrected chi connectivity index (χ1v) is 7.74. The fourth-order valence-corrected chi connectivity index (χ4v) is 2.33. The standard InChI is InChI=1S/C17H15ClF3N3O2/c1-16(2,26)8-7-12-13(14(22)25)24(15(18)23-12)9-10-3-5-11(6-4-10)17(19,20)21/h3-6,26H,9H2,1-2H3,(H2,22,25). The number of carbonyl (C=O) groups is 1. The Hall–Kier alpha value is -2.50. The van der Waals surface area contributed by atoms with E-state index in [2.05, 4.69) is 16.8 Å². The zero-order valence-electron chi connectivity index (χ0n) is 13.9. The molecule has 2 aromatic rings. The molecule has 5 nitrogen and oxygen atoms in total. The molecular formula is C17H15ClF3N3O2. The van der Waals surface area contributed by atoms with Crippen LogP contribution < -0.4 is 5.73 Å². The second-order valence-electron chi connectivity index (χ2n) is 6.03. The molecule has 0 spiro atoms. The maximum Gasteiger partial charge on any atom is 0.416 e. The highest BCUT2D eigenvalue weighted by molar-refractivity contribution is 6.29. The van der Waals surface area contributed by atoms with Crippen molar-refractivity contribution in [3.63, 3.8) is 0 Å². The van der Waals surface area contributed by atoms with Gasteiger partial charge < -0.3 is 15.4 Å². The van der Waals surface area contributed by atoms with Crippen LogP contribution in [-0.4, -0.2) is 26.2 Å². The zero-order chi connectivity index (χ0) is 19.7. The minimum absolute atomic E-state index is 0.0171. The lowest BCUT2D eigenvalue weighted by Crippen LogP contribution is -2.19. The van der Waals surface area contributed by atoms with Crippen LogP contribution in [-0.2, 0) is 12.7 Å². The van der Waals surface area contributed by atoms with Gasteiger partial charge in [0.1, 0.15) is 17.0 Å². The highest BCUT2D eigenvalue weighted by Crippen LogP contribution is 2.29. The minimum Gasteiger partial charge on any atom is -0.378 e. The number of nitrogens with two attached hydrogens (primary N) is 1. The third kappa shape index (κ3) is 4.77. The van der Waals surface area contributed by atoms with E-state index in [1.807, 2.05) is 0 Å². The lowest BCUT2D eigenvalue weighted by atomic mass is 10.1. The van der Waals surface area contributed by atoms with E-state index in [9.17, 15) is 23.1 Å². The highest BCUT2D eigenvalue weighted by atomic mass is 35.5. The molecule has 26 heavy (non-hydrogen) atoms. The summed E-state index contributed by atoms with van der Waals surface area (Å²) in [6.07, 6.45) is -4.44. The van der Waals surface area contributed by atoms with Crippen molar-refractivity contribution in [1.82, 2.24) is 9.55 Å². The Balaban J connectivity index is 2.42. The fourth-order valence-electron chi connectivity index (χ4n) is 2.10. The summed E-state index contributed by atoms with van der Waals surface area (Å²) in [6, 6.07) is 4.40. The topological polar surface area (TPSA) is 81.1 Å². The maximum absolute atomic E-state index is 12.6. The number of benzene rings is 1. The number of amides is 1. The molecule has 0 aliphatic carbocycles. The largest absolute Gasteiger partial charge is 0.416 e. The van der Waals surface area contributed by atoms with Crippen molar-refractivity contribution in [3.05, 3.63) is 52.1 Å². The summed E-state index contributed by atoms with van der Waals surface area (Å²) >= 11 is 6.03. The van der Waals surface area contributed by atoms with Crippen LogP contribution in [0.15, 0.2) is 24.3 Å². The zero-order valence-corrected chi connectivity index (χ0v) is 14.6. The van der Waals surface area contributed by atoms with Crippen LogP contribution in [0.1, 0.15) is 41.2 Å². The molecule has 138 valence electrons. The number of aliphatic hydroxyl groups is 1. The van der Waals surface area contributed by atoms with Crippen molar-refractivity contribution in [1.29, 1.82) is 0 Å². The number of imidazole rings is 1. The molecule has 9 heteroatoms. The molecule has 0 unspecified atom stereocenters. The minimum atomic E-state index is -4.44. The summed E-state index contributed by atoms with van der Waals surface area (Å²) in [5.41, 5.74) is 3.61. The van der Waals surface area contributed by atoms with Crippen molar-refractivity contribution in [2.75, 3.05) is 0 Å². The normalized spacial score (nSPS) is 11.8. The molecule has 0 fully saturated rings. The summed E-state index contributed by atoms with van der Waals surface area (Å²) in [5, 5.41) is 9.56. The molecule has 3 N–H and O–H groups in total. The molecule has 0 bridgehead atoms. The van der Waals surface area contributed by atoms with E-state index in [0.717, 1.165) is 12.1 Å². The number of rotatable bonds is 3. The second-order valence-corrected chi connectivity index (χ2v) is 6.37. The van der Waals surface area contributed by atoms with Crippen LogP contribution in [0.5, 0.6) is 0 Å². The quantitative estimate of drug-likeness (QED) is 0.797. The van der Waals surface area contributed by atoms with Gasteiger partial charge >= 0.3 is 6.18 Å². The summed E-state index contributed by atoms with van der Waals surface area (Å²) in [7, 11) is 0. The van der Waals surface area contributed by atoms with Gasteiger partial charge in [-0.15, -0.1) is 0 Å². The van der Waals surface area contributed by atoms with Crippen molar-refractivity contribution in [2.24, 2.45) is 5.73 Å². The predicted octanol–water partition coefficient (Wildman–Crippen LogP) is 2.82. The Morgan fingerprint density at radius 2 is 1.88 bits per heavy atom. The van der Waals surface area contributed by atoms with Crippen molar-refractivity contribution in [2.45, 2.75) is 32.2 Å². The van der Waals surface area contributed by atoms with E-state index in [0.29, 0.717) is 5.56 Å². The summed E-state index contributed by atoms with van der Waals surface area (Å²) in [6.45, 7) is 2.88. The highest BCUT2D eigenvalue weighted by Gasteiger charge is 2.30. The lowest BCUT2D eigenvalue weighted by molar-refractivity contribution is -0.137. The number of nitrogens with zero attached hydrogens (tertiary/aromatic N) is 2. The lowest BCUT2D eigenvalue weighted by Gasteiger charge is -2.10. The number of hydrogen-bond donors (Lipinski definition) is 2. The van der Waals surface area contributed by atoms with Gasteiger partial charge in [0.25, 0.3) is 5.91 Å². The van der Waals surface area contributed by atoms with Gasteiger partial charge in [0, 0.05) is 0 Å². The summed E-state index contributed by atoms with van der Waals surface area (Å²) in [4.78, 5) is 15.7. The summed E-state index contributed by atoms with van der Waals surface area (Å²) in [5.74, 6) is 4.19. The van der Waals surface area contributed by atoms with Gasteiger partial charge in [-0.3, -0.25) is 4.79 Å². The van der Waals surface area contributed by atoms with Gasteiger partial charge in [-0.2, -0.15) is 13.2 Å². The Morgan fingerprint density at radius 3 is 2.35 bits per heavy atom. The molecule has 0 aliphatic rings. The first-order chi connectivity index (χ1) is 11.9. The van der Waals surface area contributed by atoms with E-state index in [4.69, 9.17) is 17.3 Å². The Kier molecular flexibility index (Phi) is 5.35. The molecule has 1 heterocycles. The van der Waals surface area contributed by atoms with Gasteiger partial charge in [0.15, 0.2) is 0 Å². The monoisotopic (exact) mass is 385 g/mol. The number of aromatic nitrogens is 2. The maximum atomic E-state index is 12.6. The Bertz CT molecular complexity index is 885. The number of halogens is 4. The van der Waals surface area contributed by atoms with Gasteiger partial charge in [0.2, 0.25) is 5.28 Å². The number of alkyl halides is 3. The third-order valence-corrected chi connectivity index (χ3v) is 3.55. The van der Waals surface area contributed by atoms with E-state index in [1.165, 1.54) is 30.5 Å². The number of carbonyl (C=O) groups excluding carboxylic acids is 1. The molecule has 0 saturated heterocycles. The second kappa shape index (κ2) is 7.02. The SMILES string of the molecule is CC(C)(O)C#Cc1nc(Cl)n(Cc2ccc(C(F)(F)F)cc2)c1C(N)=O. The Labute approximate surface area is 152 Å². The van der Waals surface area contributed by atoms with Crippen molar-refractivity contribution >= 4 is 17.5 Å². The van der Waals surface area contributed by atoms with E-state index in [1.54, 1.807) is 0 Å². The van der Waals surface area contributed by atoms with Crippen LogP contribution in [0.25, 0.3) is 0 Å². The average Bonchev–Trinajstić information content (AvgIpc) is 2.80. The third-order valence-electron chi connectivity index (χ3n) is 3.26. The molecule has 1 aromatic heterocycles. The molecule has 0 aliphatic heterocycles. The molecule has 0 atom stereocenters. The number of hydrogen-bond acceptors (Lipinski definition) is 3. The van der Waals surface area contributed by atoms with Gasteiger partial charge in [-0.25, -0.2) is 4.98 Å². The van der Waals surface area contributed by atoms with Crippen LogP contribution in [0.3, 0.4) is 0 Å². The Morgan fingerprint density at radius 1 is 1.31 bits per heavy atom. The average molecular weight is 386 g/mol. The van der Waals surface area contributed by atoms with Crippen LogP contribution >= 0.6 is 11.6 Å². The molecule has 0 radical (unpaired) electrons. The molecular weight excluding hydrogens is 371 g/mol. The molecule has 1 amide bonds. The van der Waals surface area contributed by atoms with Gasteiger partial charge in [-0.1, -0.05) is 18.1 Å². The van der Waals surface area contributed by atoms with Crippen LogP contribution in [0.2, 0.25) is 5.28 Å². The molecule has 0 saturated carbocycles. The van der Waals surface area contributed by atoms with Crippen molar-refractivity contribution < 1.29 is 23.1 Å². The smallest absolute Gasteiger partial charge is 0.378 e. The molecule has 1 aromatic carbocycles. The van der Waals surface area contributed by atoms with E-state index < -0.39 is 23.2 Å². The first kappa shape index (κ1) is 19.8. The fraction of sp³-hybridized carbons (Fsp3) is 0.294. The van der Waals surface area contributed by atoms with E-state index in [-0.39, 0.29) is 23.2 Å². The predicted molar refractivity (Wildman–Crippen MR) is 89.5 cm³/mol. The van der Waals surface area contributed by atoms with Crippen LogP contribution in [0.4, 0.5) is 13.2 Å². The molecule has 2 rings (SSSR count). The summed E-state index contributed by atoms with van der Waals surface area (Å²) < 4.78 is 39.1. The first-order valence-electron chi connectivity index (χ1n) is 7.36.